The number of nitrogens with zero attached hydrogens (tertiary/aromatic N) is 1. The third kappa shape index (κ3) is 2.15. The highest BCUT2D eigenvalue weighted by molar-refractivity contribution is 5.95. The molecule has 1 aromatic carbocycles. The number of benzene rings is 1. The van der Waals surface area contributed by atoms with Crippen LogP contribution in [0, 0.1) is 11.6 Å². The Morgan fingerprint density at radius 2 is 2.00 bits per heavy atom. The van der Waals surface area contributed by atoms with E-state index in [0.29, 0.717) is 19.6 Å². The van der Waals surface area contributed by atoms with Crippen molar-refractivity contribution in [2.24, 2.45) is 0 Å². The lowest BCUT2D eigenvalue weighted by Gasteiger charge is -2.37. The van der Waals surface area contributed by atoms with Crippen molar-refractivity contribution in [1.82, 2.24) is 10.2 Å². The van der Waals surface area contributed by atoms with Gasteiger partial charge in [0.1, 0.15) is 17.2 Å². The van der Waals surface area contributed by atoms with Gasteiger partial charge in [-0.15, -0.1) is 0 Å². The normalized spacial score (nSPS) is 15.5. The quantitative estimate of drug-likeness (QED) is 0.866. The Bertz CT molecular complexity index is 412. The third-order valence-electron chi connectivity index (χ3n) is 2.98. The van der Waals surface area contributed by atoms with Crippen LogP contribution in [0.25, 0.3) is 0 Å². The summed E-state index contributed by atoms with van der Waals surface area (Å²) in [5.41, 5.74) is -0.457. The molecule has 1 amide bonds. The van der Waals surface area contributed by atoms with E-state index in [4.69, 9.17) is 0 Å². The van der Waals surface area contributed by atoms with Gasteiger partial charge in [-0.3, -0.25) is 4.79 Å². The summed E-state index contributed by atoms with van der Waals surface area (Å²) >= 11 is 0. The molecule has 1 N–H and O–H groups in total. The number of halogens is 2. The second-order valence-corrected chi connectivity index (χ2v) is 4.00. The molecule has 1 aliphatic rings. The van der Waals surface area contributed by atoms with Crippen LogP contribution in [0.5, 0.6) is 0 Å². The molecule has 5 heteroatoms. The van der Waals surface area contributed by atoms with E-state index < -0.39 is 23.1 Å². The highest BCUT2D eigenvalue weighted by Gasteiger charge is 2.30. The van der Waals surface area contributed by atoms with Crippen molar-refractivity contribution in [3.63, 3.8) is 0 Å². The molecule has 0 unspecified atom stereocenters. The summed E-state index contributed by atoms with van der Waals surface area (Å²) in [6.07, 6.45) is 0. The van der Waals surface area contributed by atoms with Crippen molar-refractivity contribution in [1.29, 1.82) is 0 Å². The number of carbonyl (C=O) groups is 1. The zero-order chi connectivity index (χ0) is 12.4. The molecule has 2 rings (SSSR count). The molecular formula is C12H14F2N2O. The number of carbonyl (C=O) groups excluding carboxylic acids is 1. The predicted octanol–water partition coefficient (Wildman–Crippen LogP) is 1.40. The lowest BCUT2D eigenvalue weighted by Crippen LogP contribution is -2.58. The van der Waals surface area contributed by atoms with E-state index in [2.05, 4.69) is 5.32 Å². The Labute approximate surface area is 98.4 Å². The van der Waals surface area contributed by atoms with Gasteiger partial charge in [-0.1, -0.05) is 6.07 Å². The van der Waals surface area contributed by atoms with Crippen LogP contribution in [0.15, 0.2) is 18.2 Å². The van der Waals surface area contributed by atoms with Gasteiger partial charge in [0.15, 0.2) is 0 Å². The van der Waals surface area contributed by atoms with Gasteiger partial charge >= 0.3 is 0 Å². The van der Waals surface area contributed by atoms with Crippen LogP contribution in [-0.2, 0) is 0 Å². The second-order valence-electron chi connectivity index (χ2n) is 4.00. The van der Waals surface area contributed by atoms with Gasteiger partial charge in [0.2, 0.25) is 0 Å². The second kappa shape index (κ2) is 4.79. The fraction of sp³-hybridized carbons (Fsp3) is 0.417. The Morgan fingerprint density at radius 1 is 1.41 bits per heavy atom. The van der Waals surface area contributed by atoms with Crippen molar-refractivity contribution < 1.29 is 13.6 Å². The molecule has 1 saturated heterocycles. The van der Waals surface area contributed by atoms with Crippen molar-refractivity contribution in [3.05, 3.63) is 35.4 Å². The molecule has 0 saturated carbocycles. The maximum atomic E-state index is 13.5. The molecule has 0 radical (unpaired) electrons. The zero-order valence-electron chi connectivity index (χ0n) is 9.54. The summed E-state index contributed by atoms with van der Waals surface area (Å²) < 4.78 is 27.0. The SMILES string of the molecule is CCN(C(=O)c1c(F)cccc1F)C1CNC1. The van der Waals surface area contributed by atoms with Gasteiger partial charge in [-0.05, 0) is 19.1 Å². The first-order chi connectivity index (χ1) is 8.15. The molecule has 1 heterocycles. The Morgan fingerprint density at radius 3 is 2.41 bits per heavy atom. The molecule has 1 aliphatic heterocycles. The smallest absolute Gasteiger partial charge is 0.260 e. The lowest BCUT2D eigenvalue weighted by atomic mass is 10.1. The van der Waals surface area contributed by atoms with Crippen molar-refractivity contribution in [3.8, 4) is 0 Å². The third-order valence-corrected chi connectivity index (χ3v) is 2.98. The monoisotopic (exact) mass is 240 g/mol. The molecule has 0 bridgehead atoms. The average molecular weight is 240 g/mol. The topological polar surface area (TPSA) is 32.3 Å². The van der Waals surface area contributed by atoms with Crippen molar-refractivity contribution >= 4 is 5.91 Å². The fourth-order valence-corrected chi connectivity index (χ4v) is 1.91. The first-order valence-electron chi connectivity index (χ1n) is 5.60. The molecule has 0 spiro atoms. The highest BCUT2D eigenvalue weighted by atomic mass is 19.1. The van der Waals surface area contributed by atoms with E-state index in [1.54, 1.807) is 6.92 Å². The summed E-state index contributed by atoms with van der Waals surface area (Å²) in [4.78, 5) is 13.6. The number of hydrogen-bond acceptors (Lipinski definition) is 2. The molecule has 0 atom stereocenters. The van der Waals surface area contributed by atoms with E-state index in [1.165, 1.54) is 11.0 Å². The van der Waals surface area contributed by atoms with Crippen LogP contribution < -0.4 is 5.32 Å². The summed E-state index contributed by atoms with van der Waals surface area (Å²) in [5, 5.41) is 3.03. The first-order valence-corrected chi connectivity index (χ1v) is 5.60. The molecule has 0 aliphatic carbocycles. The maximum Gasteiger partial charge on any atom is 0.260 e. The minimum absolute atomic E-state index is 0.0338. The predicted molar refractivity (Wildman–Crippen MR) is 59.7 cm³/mol. The number of hydrogen-bond donors (Lipinski definition) is 1. The molecule has 17 heavy (non-hydrogen) atoms. The van der Waals surface area contributed by atoms with Gasteiger partial charge in [-0.2, -0.15) is 0 Å². The Hall–Kier alpha value is -1.49. The van der Waals surface area contributed by atoms with Crippen LogP contribution in [-0.4, -0.2) is 36.5 Å². The minimum atomic E-state index is -0.805. The Kier molecular flexibility index (Phi) is 3.38. The zero-order valence-corrected chi connectivity index (χ0v) is 9.54. The molecule has 1 fully saturated rings. The molecule has 1 aromatic rings. The summed E-state index contributed by atoms with van der Waals surface area (Å²) in [7, 11) is 0. The number of amides is 1. The molecule has 3 nitrogen and oxygen atoms in total. The van der Waals surface area contributed by atoms with Gasteiger partial charge in [-0.25, -0.2) is 8.78 Å². The number of nitrogens with one attached hydrogen (secondary N) is 1. The highest BCUT2D eigenvalue weighted by Crippen LogP contribution is 2.17. The maximum absolute atomic E-state index is 13.5. The van der Waals surface area contributed by atoms with E-state index in [-0.39, 0.29) is 6.04 Å². The van der Waals surface area contributed by atoms with Gasteiger partial charge < -0.3 is 10.2 Å². The number of likely N-dealkylation sites (N-methyl/N-ethyl adjacent to an activating group) is 1. The minimum Gasteiger partial charge on any atom is -0.333 e. The Balaban J connectivity index is 2.28. The summed E-state index contributed by atoms with van der Waals surface area (Å²) in [6.45, 7) is 3.60. The summed E-state index contributed by atoms with van der Waals surface area (Å²) in [6, 6.07) is 3.49. The standard InChI is InChI=1S/C12H14F2N2O/c1-2-16(8-6-15-7-8)12(17)11-9(13)4-3-5-10(11)14/h3-5,8,15H,2,6-7H2,1H3. The van der Waals surface area contributed by atoms with Crippen LogP contribution in [0.4, 0.5) is 8.78 Å². The van der Waals surface area contributed by atoms with E-state index in [0.717, 1.165) is 12.1 Å². The fourth-order valence-electron chi connectivity index (χ4n) is 1.91. The largest absolute Gasteiger partial charge is 0.333 e. The lowest BCUT2D eigenvalue weighted by molar-refractivity contribution is 0.0620. The van der Waals surface area contributed by atoms with Crippen LogP contribution in [0.3, 0.4) is 0 Å². The van der Waals surface area contributed by atoms with E-state index >= 15 is 0 Å². The first kappa shape index (κ1) is 12.0. The van der Waals surface area contributed by atoms with E-state index in [9.17, 15) is 13.6 Å². The van der Waals surface area contributed by atoms with Gasteiger partial charge in [0.25, 0.3) is 5.91 Å². The molecule has 0 aromatic heterocycles. The number of rotatable bonds is 3. The van der Waals surface area contributed by atoms with Crippen LogP contribution >= 0.6 is 0 Å². The van der Waals surface area contributed by atoms with Crippen LogP contribution in [0.1, 0.15) is 17.3 Å². The van der Waals surface area contributed by atoms with E-state index in [1.807, 2.05) is 0 Å². The summed E-state index contributed by atoms with van der Waals surface area (Å²) in [5.74, 6) is -2.18. The van der Waals surface area contributed by atoms with Gasteiger partial charge in [0.05, 0.1) is 6.04 Å². The molecular weight excluding hydrogens is 226 g/mol. The van der Waals surface area contributed by atoms with Gasteiger partial charge in [0, 0.05) is 19.6 Å². The van der Waals surface area contributed by atoms with Crippen molar-refractivity contribution in [2.75, 3.05) is 19.6 Å². The van der Waals surface area contributed by atoms with Crippen molar-refractivity contribution in [2.45, 2.75) is 13.0 Å². The average Bonchev–Trinajstić information content (AvgIpc) is 2.22. The molecule has 92 valence electrons. The van der Waals surface area contributed by atoms with Crippen LogP contribution in [0.2, 0.25) is 0 Å².